The molecule has 124 valence electrons. The molecule has 2 fully saturated rings. The van der Waals surface area contributed by atoms with Crippen molar-refractivity contribution in [2.24, 2.45) is 11.3 Å². The normalized spacial score (nSPS) is 28.0. The summed E-state index contributed by atoms with van der Waals surface area (Å²) in [5.41, 5.74) is 0.491. The fourth-order valence-corrected chi connectivity index (χ4v) is 3.60. The molecule has 0 amide bonds. The first-order valence-electron chi connectivity index (χ1n) is 7.98. The van der Waals surface area contributed by atoms with E-state index in [-0.39, 0.29) is 5.92 Å². The fourth-order valence-electron chi connectivity index (χ4n) is 3.60. The minimum absolute atomic E-state index is 0.100. The van der Waals surface area contributed by atoms with Gasteiger partial charge in [-0.3, -0.25) is 9.69 Å². The molecule has 1 aromatic carbocycles. The van der Waals surface area contributed by atoms with Gasteiger partial charge in [0.2, 0.25) is 0 Å². The van der Waals surface area contributed by atoms with Crippen LogP contribution in [-0.4, -0.2) is 55.9 Å². The average molecular weight is 317 g/mol. The molecule has 0 aromatic heterocycles. The Morgan fingerprint density at radius 3 is 2.91 bits per heavy atom. The van der Waals surface area contributed by atoms with E-state index in [2.05, 4.69) is 17.1 Å². The van der Waals surface area contributed by atoms with Crippen molar-refractivity contribution in [1.29, 1.82) is 0 Å². The molecule has 2 atom stereocenters. The molecule has 2 heterocycles. The summed E-state index contributed by atoms with van der Waals surface area (Å²) < 4.78 is 10.6. The average Bonchev–Trinajstić information content (AvgIpc) is 2.95. The van der Waals surface area contributed by atoms with Crippen LogP contribution in [0.3, 0.4) is 0 Å². The maximum absolute atomic E-state index is 11.7. The zero-order valence-electron chi connectivity index (χ0n) is 13.4. The molecule has 5 heteroatoms. The molecule has 0 bridgehead atoms. The lowest BCUT2D eigenvalue weighted by Gasteiger charge is -2.34. The lowest BCUT2D eigenvalue weighted by Crippen LogP contribution is -2.44. The summed E-state index contributed by atoms with van der Waals surface area (Å²) >= 11 is 0. The summed E-state index contributed by atoms with van der Waals surface area (Å²) in [5.74, 6) is 0.268. The minimum atomic E-state index is -0.674. The van der Waals surface area contributed by atoms with E-state index in [0.717, 1.165) is 24.4 Å². The third-order valence-corrected chi connectivity index (χ3v) is 4.99. The van der Waals surface area contributed by atoms with Crippen molar-refractivity contribution >= 4 is 12.0 Å². The second-order valence-electron chi connectivity index (χ2n) is 6.35. The Morgan fingerprint density at radius 2 is 2.26 bits per heavy atom. The van der Waals surface area contributed by atoms with E-state index >= 15 is 0 Å². The summed E-state index contributed by atoms with van der Waals surface area (Å²) in [6, 6.07) is 7.87. The Bertz CT molecular complexity index is 583. The van der Waals surface area contributed by atoms with E-state index in [0.29, 0.717) is 26.2 Å². The number of hydrogen-bond donors (Lipinski definition) is 1. The number of methoxy groups -OCH3 is 1. The predicted octanol–water partition coefficient (Wildman–Crippen LogP) is 2.13. The van der Waals surface area contributed by atoms with Crippen LogP contribution in [0.1, 0.15) is 12.0 Å². The highest BCUT2D eigenvalue weighted by molar-refractivity contribution is 5.76. The van der Waals surface area contributed by atoms with Crippen LogP contribution in [0.25, 0.3) is 6.08 Å². The van der Waals surface area contributed by atoms with Gasteiger partial charge >= 0.3 is 5.97 Å². The van der Waals surface area contributed by atoms with Gasteiger partial charge < -0.3 is 14.6 Å². The van der Waals surface area contributed by atoms with E-state index in [1.807, 2.05) is 24.3 Å². The van der Waals surface area contributed by atoms with Crippen LogP contribution >= 0.6 is 0 Å². The predicted molar refractivity (Wildman–Crippen MR) is 87.5 cm³/mol. The number of fused-ring (bicyclic) bond motifs is 1. The molecule has 23 heavy (non-hydrogen) atoms. The molecule has 0 spiro atoms. The van der Waals surface area contributed by atoms with Crippen LogP contribution in [0.15, 0.2) is 30.3 Å². The highest BCUT2D eigenvalue weighted by Gasteiger charge is 2.53. The summed E-state index contributed by atoms with van der Waals surface area (Å²) in [6.45, 7) is 3.28. The molecule has 5 nitrogen and oxygen atoms in total. The number of carboxylic acid groups (broad SMARTS) is 1. The SMILES string of the molecule is COc1ccc(/C=C/CN2C[C@@H]3COCC[C@]3(C(=O)O)C2)cc1. The standard InChI is InChI=1S/C18H23NO4/c1-22-16-6-4-14(5-7-16)3-2-9-19-11-15-12-23-10-8-18(15,13-19)17(20)21/h2-7,15H,8-13H2,1H3,(H,20,21)/b3-2+/t15-,18+/m1/s1. The van der Waals surface area contributed by atoms with Crippen LogP contribution in [0.4, 0.5) is 0 Å². The van der Waals surface area contributed by atoms with E-state index in [4.69, 9.17) is 9.47 Å². The first-order chi connectivity index (χ1) is 11.1. The zero-order valence-corrected chi connectivity index (χ0v) is 13.4. The quantitative estimate of drug-likeness (QED) is 0.901. The van der Waals surface area contributed by atoms with E-state index in [1.54, 1.807) is 7.11 Å². The first kappa shape index (κ1) is 16.0. The maximum Gasteiger partial charge on any atom is 0.311 e. The molecule has 1 N–H and O–H groups in total. The molecule has 3 rings (SSSR count). The molecule has 2 aliphatic rings. The minimum Gasteiger partial charge on any atom is -0.497 e. The fraction of sp³-hybridized carbons (Fsp3) is 0.500. The molecular formula is C18H23NO4. The van der Waals surface area contributed by atoms with Crippen molar-refractivity contribution in [2.75, 3.05) is 40.0 Å². The number of nitrogens with zero attached hydrogens (tertiary/aromatic N) is 1. The third kappa shape index (κ3) is 3.26. The lowest BCUT2D eigenvalue weighted by atomic mass is 9.74. The Morgan fingerprint density at radius 1 is 1.48 bits per heavy atom. The molecule has 0 unspecified atom stereocenters. The molecule has 0 radical (unpaired) electrons. The summed E-state index contributed by atoms with van der Waals surface area (Å²) in [7, 11) is 1.65. The van der Waals surface area contributed by atoms with Gasteiger partial charge in [0.15, 0.2) is 0 Å². The van der Waals surface area contributed by atoms with Crippen molar-refractivity contribution in [1.82, 2.24) is 4.90 Å². The van der Waals surface area contributed by atoms with Crippen molar-refractivity contribution < 1.29 is 19.4 Å². The van der Waals surface area contributed by atoms with E-state index in [1.165, 1.54) is 0 Å². The highest BCUT2D eigenvalue weighted by atomic mass is 16.5. The smallest absolute Gasteiger partial charge is 0.311 e. The monoisotopic (exact) mass is 317 g/mol. The van der Waals surface area contributed by atoms with Gasteiger partial charge in [0.1, 0.15) is 5.75 Å². The Balaban J connectivity index is 1.60. The highest BCUT2D eigenvalue weighted by Crippen LogP contribution is 2.42. The number of ether oxygens (including phenoxy) is 2. The lowest BCUT2D eigenvalue weighted by molar-refractivity contribution is -0.157. The van der Waals surface area contributed by atoms with Gasteiger partial charge in [-0.25, -0.2) is 0 Å². The second kappa shape index (κ2) is 6.72. The number of benzene rings is 1. The number of rotatable bonds is 5. The number of carboxylic acids is 1. The van der Waals surface area contributed by atoms with E-state index in [9.17, 15) is 9.90 Å². The zero-order chi connectivity index (χ0) is 16.3. The largest absolute Gasteiger partial charge is 0.497 e. The van der Waals surface area contributed by atoms with Gasteiger partial charge in [0, 0.05) is 32.2 Å². The van der Waals surface area contributed by atoms with Crippen molar-refractivity contribution in [3.8, 4) is 5.75 Å². The van der Waals surface area contributed by atoms with Gasteiger partial charge in [-0.1, -0.05) is 24.3 Å². The Kier molecular flexibility index (Phi) is 4.68. The summed E-state index contributed by atoms with van der Waals surface area (Å²) in [4.78, 5) is 14.0. The number of likely N-dealkylation sites (tertiary alicyclic amines) is 1. The number of hydrogen-bond acceptors (Lipinski definition) is 4. The van der Waals surface area contributed by atoms with Gasteiger partial charge in [0.25, 0.3) is 0 Å². The van der Waals surface area contributed by atoms with Gasteiger partial charge in [-0.2, -0.15) is 0 Å². The molecule has 0 aliphatic carbocycles. The topological polar surface area (TPSA) is 59.0 Å². The van der Waals surface area contributed by atoms with Crippen LogP contribution < -0.4 is 4.74 Å². The van der Waals surface area contributed by atoms with Crippen molar-refractivity contribution in [3.63, 3.8) is 0 Å². The Labute approximate surface area is 136 Å². The first-order valence-corrected chi connectivity index (χ1v) is 7.98. The van der Waals surface area contributed by atoms with Crippen LogP contribution in [0.5, 0.6) is 5.75 Å². The van der Waals surface area contributed by atoms with E-state index < -0.39 is 11.4 Å². The second-order valence-corrected chi connectivity index (χ2v) is 6.35. The maximum atomic E-state index is 11.7. The van der Waals surface area contributed by atoms with Gasteiger partial charge in [0.05, 0.1) is 19.1 Å². The number of aliphatic carboxylic acids is 1. The Hall–Kier alpha value is -1.85. The van der Waals surface area contributed by atoms with Crippen LogP contribution in [-0.2, 0) is 9.53 Å². The van der Waals surface area contributed by atoms with Gasteiger partial charge in [-0.05, 0) is 24.1 Å². The third-order valence-electron chi connectivity index (χ3n) is 4.99. The summed E-state index contributed by atoms with van der Waals surface area (Å²) in [5, 5.41) is 9.66. The summed E-state index contributed by atoms with van der Waals surface area (Å²) in [6.07, 6.45) is 4.77. The molecule has 1 aromatic rings. The molecular weight excluding hydrogens is 294 g/mol. The van der Waals surface area contributed by atoms with Crippen LogP contribution in [0.2, 0.25) is 0 Å². The van der Waals surface area contributed by atoms with Crippen molar-refractivity contribution in [2.45, 2.75) is 6.42 Å². The molecule has 0 saturated carbocycles. The molecule has 2 saturated heterocycles. The number of carbonyl (C=O) groups is 1. The van der Waals surface area contributed by atoms with Gasteiger partial charge in [-0.15, -0.1) is 0 Å². The van der Waals surface area contributed by atoms with Crippen molar-refractivity contribution in [3.05, 3.63) is 35.9 Å². The van der Waals surface area contributed by atoms with Crippen LogP contribution in [0, 0.1) is 11.3 Å². The molecule has 2 aliphatic heterocycles.